The summed E-state index contributed by atoms with van der Waals surface area (Å²) < 4.78 is 0. The number of pyridine rings is 1. The number of nitrogens with zero attached hydrogens (tertiary/aromatic N) is 1. The minimum absolute atomic E-state index is 0. The van der Waals surface area contributed by atoms with Gasteiger partial charge in [-0.2, -0.15) is 0 Å². The molecule has 1 aromatic carbocycles. The van der Waals surface area contributed by atoms with Crippen LogP contribution in [-0.2, 0) is 19.5 Å². The van der Waals surface area contributed by atoms with E-state index in [4.69, 9.17) is 0 Å². The van der Waals surface area contributed by atoms with Crippen molar-refractivity contribution in [3.8, 4) is 17.0 Å². The van der Waals surface area contributed by atoms with Crippen LogP contribution in [0, 0.1) is 0 Å². The number of para-hydroxylation sites is 1. The molecule has 0 saturated carbocycles. The quantitative estimate of drug-likeness (QED) is 0.863. The summed E-state index contributed by atoms with van der Waals surface area (Å²) in [5.74, 6) is 0.285. The summed E-state index contributed by atoms with van der Waals surface area (Å²) in [6, 6.07) is 13.3. The second-order valence-electron chi connectivity index (χ2n) is 3.93. The minimum Gasteiger partial charge on any atom is -0.507 e. The summed E-state index contributed by atoms with van der Waals surface area (Å²) in [6.07, 6.45) is 0. The van der Waals surface area contributed by atoms with Crippen molar-refractivity contribution in [1.29, 1.82) is 0 Å². The first-order valence-electron chi connectivity index (χ1n) is 5.24. The van der Waals surface area contributed by atoms with Gasteiger partial charge >= 0.3 is 0 Å². The average Bonchev–Trinajstić information content (AvgIpc) is 2.30. The van der Waals surface area contributed by atoms with E-state index in [1.54, 1.807) is 6.07 Å². The van der Waals surface area contributed by atoms with Gasteiger partial charge in [-0.05, 0) is 24.3 Å². The molecule has 0 fully saturated rings. The zero-order valence-electron chi connectivity index (χ0n) is 10.1. The zero-order valence-corrected chi connectivity index (χ0v) is 14.1. The molecule has 0 bridgehead atoms. The number of rotatable bonds is 2. The first-order chi connectivity index (χ1) is 7.68. The molecule has 1 N–H and O–H groups in total. The molecule has 0 aliphatic rings. The first-order valence-corrected chi connectivity index (χ1v) is 7.74. The third kappa shape index (κ3) is 3.24. The summed E-state index contributed by atoms with van der Waals surface area (Å²) in [7, 11) is -0.547. The summed E-state index contributed by atoms with van der Waals surface area (Å²) in [5.41, 5.74) is 1.65. The average molecular weight is 294 g/mol. The third-order valence-electron chi connectivity index (χ3n) is 2.44. The normalized spacial score (nSPS) is 10.1. The number of phenolic OH excluding ortho intramolecular Hbond substituents is 1. The van der Waals surface area contributed by atoms with Crippen LogP contribution in [0.3, 0.4) is 0 Å². The smallest absolute Gasteiger partial charge is 0.124 e. The van der Waals surface area contributed by atoms with Crippen molar-refractivity contribution in [2.24, 2.45) is 0 Å². The molecule has 0 amide bonds. The van der Waals surface area contributed by atoms with Crippen molar-refractivity contribution >= 4 is 14.1 Å². The fourth-order valence-corrected chi connectivity index (χ4v) is 2.33. The molecule has 2 nitrogen and oxygen atoms in total. The molecule has 1 radical (unpaired) electrons. The molecule has 1 heterocycles. The summed E-state index contributed by atoms with van der Waals surface area (Å²) in [6.45, 7) is 4.42. The van der Waals surface area contributed by atoms with Crippen LogP contribution >= 0.6 is 0 Å². The monoisotopic (exact) mass is 292 g/mol. The molecular weight excluding hydrogens is 280 g/mol. The van der Waals surface area contributed by atoms with Crippen LogP contribution in [0.2, 0.25) is 13.1 Å². The number of hydrogen-bond donors (Lipinski definition) is 1. The van der Waals surface area contributed by atoms with Crippen molar-refractivity contribution in [2.45, 2.75) is 13.1 Å². The molecule has 4 heteroatoms. The maximum Gasteiger partial charge on any atom is 0.124 e. The fourth-order valence-electron chi connectivity index (χ4n) is 1.55. The van der Waals surface area contributed by atoms with Crippen LogP contribution in [0.15, 0.2) is 42.5 Å². The fraction of sp³-hybridized carbons (Fsp3) is 0.154. The molecule has 0 aliphatic carbocycles. The molecule has 17 heavy (non-hydrogen) atoms. The van der Waals surface area contributed by atoms with Gasteiger partial charge in [-0.15, -0.1) is 0 Å². The number of aromatic nitrogens is 1. The molecule has 0 spiro atoms. The van der Waals surface area contributed by atoms with Gasteiger partial charge in [0.2, 0.25) is 0 Å². The Morgan fingerprint density at radius 3 is 2.35 bits per heavy atom. The van der Waals surface area contributed by atoms with Gasteiger partial charge in [0.15, 0.2) is 0 Å². The first kappa shape index (κ1) is 14.1. The molecule has 2 rings (SSSR count). The van der Waals surface area contributed by atoms with E-state index >= 15 is 0 Å². The number of hydrogen-bond acceptors (Lipinski definition) is 2. The van der Waals surface area contributed by atoms with Crippen LogP contribution in [0.5, 0.6) is 5.75 Å². The van der Waals surface area contributed by atoms with Crippen LogP contribution < -0.4 is 5.32 Å². The van der Waals surface area contributed by atoms with Gasteiger partial charge in [0.05, 0.1) is 5.69 Å². The predicted octanol–water partition coefficient (Wildman–Crippen LogP) is 2.41. The van der Waals surface area contributed by atoms with E-state index in [0.717, 1.165) is 16.6 Å². The summed E-state index contributed by atoms with van der Waals surface area (Å²) in [4.78, 5) is 4.59. The standard InChI is InChI=1S/C13H14NOSi.Zn/c1-16(2)13-9-5-7-11(14-13)10-6-3-4-8-12(10)15;/h3-9,15H,1-2H3;. The van der Waals surface area contributed by atoms with E-state index in [1.807, 2.05) is 30.3 Å². The van der Waals surface area contributed by atoms with Crippen molar-refractivity contribution in [2.75, 3.05) is 0 Å². The SMILES string of the molecule is C[Si](C)c1cccc(-c2ccccc2O)n1.[Zn]. The Morgan fingerprint density at radius 1 is 1.00 bits per heavy atom. The van der Waals surface area contributed by atoms with Gasteiger partial charge < -0.3 is 5.11 Å². The van der Waals surface area contributed by atoms with Crippen LogP contribution in [0.1, 0.15) is 0 Å². The van der Waals surface area contributed by atoms with E-state index in [0.29, 0.717) is 0 Å². The maximum atomic E-state index is 9.76. The topological polar surface area (TPSA) is 33.1 Å². The van der Waals surface area contributed by atoms with Crippen molar-refractivity contribution in [3.63, 3.8) is 0 Å². The van der Waals surface area contributed by atoms with E-state index in [1.165, 1.54) is 0 Å². The Morgan fingerprint density at radius 2 is 1.71 bits per heavy atom. The van der Waals surface area contributed by atoms with Crippen LogP contribution in [-0.4, -0.2) is 18.9 Å². The van der Waals surface area contributed by atoms with E-state index < -0.39 is 8.80 Å². The van der Waals surface area contributed by atoms with Crippen LogP contribution in [0.4, 0.5) is 0 Å². The molecule has 0 unspecified atom stereocenters. The molecular formula is C13H14NOSiZn. The van der Waals surface area contributed by atoms with E-state index in [-0.39, 0.29) is 25.2 Å². The van der Waals surface area contributed by atoms with E-state index in [2.05, 4.69) is 24.1 Å². The third-order valence-corrected chi connectivity index (χ3v) is 3.74. The molecule has 1 aromatic heterocycles. The maximum absolute atomic E-state index is 9.76. The minimum atomic E-state index is -0.547. The molecule has 0 atom stereocenters. The van der Waals surface area contributed by atoms with Crippen molar-refractivity contribution in [3.05, 3.63) is 42.5 Å². The summed E-state index contributed by atoms with van der Waals surface area (Å²) in [5, 5.41) is 10.9. The number of aromatic hydroxyl groups is 1. The Labute approximate surface area is 116 Å². The van der Waals surface area contributed by atoms with Gasteiger partial charge in [-0.3, -0.25) is 4.98 Å². The van der Waals surface area contributed by atoms with Gasteiger partial charge in [0, 0.05) is 30.4 Å². The van der Waals surface area contributed by atoms with Crippen LogP contribution in [0.25, 0.3) is 11.3 Å². The molecule has 0 aliphatic heterocycles. The number of phenols is 1. The zero-order chi connectivity index (χ0) is 11.5. The van der Waals surface area contributed by atoms with E-state index in [9.17, 15) is 5.11 Å². The largest absolute Gasteiger partial charge is 0.507 e. The second-order valence-corrected chi connectivity index (χ2v) is 6.44. The Kier molecular flexibility index (Phi) is 5.03. The Hall–Kier alpha value is -0.990. The predicted molar refractivity (Wildman–Crippen MR) is 68.5 cm³/mol. The van der Waals surface area contributed by atoms with Gasteiger partial charge in [0.25, 0.3) is 0 Å². The van der Waals surface area contributed by atoms with Gasteiger partial charge in [-0.1, -0.05) is 31.3 Å². The summed E-state index contributed by atoms with van der Waals surface area (Å²) >= 11 is 0. The molecule has 0 saturated heterocycles. The second kappa shape index (κ2) is 6.08. The van der Waals surface area contributed by atoms with Gasteiger partial charge in [0.1, 0.15) is 14.5 Å². The van der Waals surface area contributed by atoms with Gasteiger partial charge in [-0.25, -0.2) is 0 Å². The number of benzene rings is 1. The molecule has 2 aromatic rings. The Balaban J connectivity index is 0.00000144. The Bertz CT molecular complexity index is 502. The molecule has 83 valence electrons. The van der Waals surface area contributed by atoms with Crippen molar-refractivity contribution < 1.29 is 24.6 Å². The van der Waals surface area contributed by atoms with Crippen molar-refractivity contribution in [1.82, 2.24) is 4.98 Å².